The number of piperazine rings is 1. The Kier molecular flexibility index (Phi) is 8.97. The summed E-state index contributed by atoms with van der Waals surface area (Å²) >= 11 is 0. The van der Waals surface area contributed by atoms with E-state index in [1.807, 2.05) is 15.9 Å². The molecule has 0 radical (unpaired) electrons. The van der Waals surface area contributed by atoms with Crippen LogP contribution in [0, 0.1) is 11.3 Å². The minimum absolute atomic E-state index is 0. The van der Waals surface area contributed by atoms with Crippen LogP contribution < -0.4 is 5.32 Å². The van der Waals surface area contributed by atoms with Crippen molar-refractivity contribution in [2.45, 2.75) is 6.42 Å². The molecule has 0 aromatic heterocycles. The third-order valence-corrected chi connectivity index (χ3v) is 6.59. The number of nitrogens with zero attached hydrogens (tertiary/aromatic N) is 3. The summed E-state index contributed by atoms with van der Waals surface area (Å²) in [5, 5.41) is 23.0. The van der Waals surface area contributed by atoms with Crippen molar-refractivity contribution in [1.29, 1.82) is 0 Å². The van der Waals surface area contributed by atoms with Crippen LogP contribution >= 0.6 is 24.8 Å². The summed E-state index contributed by atoms with van der Waals surface area (Å²) in [6.45, 7) is 6.08. The maximum atomic E-state index is 12.8. The van der Waals surface area contributed by atoms with Crippen LogP contribution in [0.3, 0.4) is 0 Å². The van der Waals surface area contributed by atoms with E-state index in [1.165, 1.54) is 0 Å². The van der Waals surface area contributed by atoms with Crippen LogP contribution in [0.2, 0.25) is 0 Å². The zero-order valence-corrected chi connectivity index (χ0v) is 19.2. The molecule has 0 bridgehead atoms. The normalized spacial score (nSPS) is 25.5. The fourth-order valence-corrected chi connectivity index (χ4v) is 4.98. The van der Waals surface area contributed by atoms with E-state index in [1.54, 1.807) is 18.2 Å². The van der Waals surface area contributed by atoms with Gasteiger partial charge >= 0.3 is 0 Å². The lowest BCUT2D eigenvalue weighted by Gasteiger charge is -2.30. The molecule has 1 aromatic carbocycles. The van der Waals surface area contributed by atoms with Crippen LogP contribution in [0.4, 0.5) is 0 Å². The number of halogens is 2. The SMILES string of the molecule is Cl.Cl.O=C(CN1CC2CN(C(=O)Cc3cccc(O)c3)CC2(CO)C1)N1CCNCC1. The first-order chi connectivity index (χ1) is 14.0. The Labute approximate surface area is 195 Å². The maximum Gasteiger partial charge on any atom is 0.236 e. The van der Waals surface area contributed by atoms with Crippen LogP contribution in [0.1, 0.15) is 5.56 Å². The fraction of sp³-hybridized carbons (Fsp3) is 0.619. The van der Waals surface area contributed by atoms with Gasteiger partial charge in [-0.25, -0.2) is 0 Å². The lowest BCUT2D eigenvalue weighted by Crippen LogP contribution is -2.50. The molecular formula is C21H32Cl2N4O4. The third-order valence-electron chi connectivity index (χ3n) is 6.59. The number of benzene rings is 1. The maximum absolute atomic E-state index is 12.8. The quantitative estimate of drug-likeness (QED) is 0.554. The summed E-state index contributed by atoms with van der Waals surface area (Å²) in [7, 11) is 0. The number of likely N-dealkylation sites (tertiary alicyclic amines) is 2. The summed E-state index contributed by atoms with van der Waals surface area (Å²) < 4.78 is 0. The van der Waals surface area contributed by atoms with Crippen LogP contribution in [-0.2, 0) is 16.0 Å². The third kappa shape index (κ3) is 5.62. The Bertz CT molecular complexity index is 778. The van der Waals surface area contributed by atoms with Gasteiger partial charge in [-0.15, -0.1) is 24.8 Å². The highest BCUT2D eigenvalue weighted by atomic mass is 35.5. The molecule has 31 heavy (non-hydrogen) atoms. The standard InChI is InChI=1S/C21H30N4O4.2ClH/c26-15-21-13-23(12-20(29)24-6-4-22-5-7-24)10-17(21)11-25(14-21)19(28)9-16-2-1-3-18(27)8-16;;/h1-3,8,17,22,26-27H,4-7,9-15H2;2*1H. The molecule has 3 heterocycles. The van der Waals surface area contributed by atoms with Crippen LogP contribution in [0.25, 0.3) is 0 Å². The average molecular weight is 475 g/mol. The number of hydrogen-bond donors (Lipinski definition) is 3. The Morgan fingerprint density at radius 3 is 2.45 bits per heavy atom. The second-order valence-electron chi connectivity index (χ2n) is 8.64. The summed E-state index contributed by atoms with van der Waals surface area (Å²) in [4.78, 5) is 31.2. The predicted octanol–water partition coefficient (Wildman–Crippen LogP) is -0.0372. The number of nitrogens with one attached hydrogen (secondary N) is 1. The molecule has 2 amide bonds. The van der Waals surface area contributed by atoms with Gasteiger partial charge in [0, 0.05) is 57.8 Å². The van der Waals surface area contributed by atoms with Gasteiger partial charge in [0.2, 0.25) is 11.8 Å². The summed E-state index contributed by atoms with van der Waals surface area (Å²) in [6, 6.07) is 6.77. The number of aromatic hydroxyl groups is 1. The molecule has 174 valence electrons. The number of phenolic OH excluding ortho intramolecular Hbond substituents is 1. The number of amides is 2. The first-order valence-electron chi connectivity index (χ1n) is 10.4. The molecule has 1 aromatic rings. The van der Waals surface area contributed by atoms with Gasteiger partial charge in [-0.1, -0.05) is 12.1 Å². The van der Waals surface area contributed by atoms with E-state index < -0.39 is 0 Å². The molecule has 3 aliphatic rings. The number of aliphatic hydroxyl groups excluding tert-OH is 1. The van der Waals surface area contributed by atoms with Crippen molar-refractivity contribution in [3.8, 4) is 5.75 Å². The van der Waals surface area contributed by atoms with Gasteiger partial charge < -0.3 is 25.3 Å². The number of hydrogen-bond acceptors (Lipinski definition) is 6. The Morgan fingerprint density at radius 2 is 1.81 bits per heavy atom. The minimum atomic E-state index is -0.349. The molecular weight excluding hydrogens is 443 g/mol. The van der Waals surface area contributed by atoms with E-state index in [0.29, 0.717) is 26.2 Å². The Morgan fingerprint density at radius 1 is 1.06 bits per heavy atom. The van der Waals surface area contributed by atoms with Gasteiger partial charge in [0.1, 0.15) is 5.75 Å². The molecule has 2 atom stereocenters. The van der Waals surface area contributed by atoms with Crippen LogP contribution in [-0.4, -0.2) is 102 Å². The van der Waals surface area contributed by atoms with Gasteiger partial charge in [-0.05, 0) is 23.6 Å². The van der Waals surface area contributed by atoms with Crippen molar-refractivity contribution in [3.05, 3.63) is 29.8 Å². The minimum Gasteiger partial charge on any atom is -0.508 e. The van der Waals surface area contributed by atoms with Gasteiger partial charge in [0.05, 0.1) is 19.6 Å². The van der Waals surface area contributed by atoms with Crippen molar-refractivity contribution in [2.75, 3.05) is 65.5 Å². The first kappa shape index (κ1) is 25.7. The Balaban J connectivity index is 0.00000171. The molecule has 3 fully saturated rings. The first-order valence-corrected chi connectivity index (χ1v) is 10.4. The molecule has 3 N–H and O–H groups in total. The second-order valence-corrected chi connectivity index (χ2v) is 8.64. The van der Waals surface area contributed by atoms with Crippen molar-refractivity contribution in [2.24, 2.45) is 11.3 Å². The molecule has 2 unspecified atom stereocenters. The van der Waals surface area contributed by atoms with Crippen molar-refractivity contribution >= 4 is 36.6 Å². The van der Waals surface area contributed by atoms with Crippen LogP contribution in [0.15, 0.2) is 24.3 Å². The van der Waals surface area contributed by atoms with E-state index in [0.717, 1.165) is 38.3 Å². The number of phenols is 1. The number of aliphatic hydroxyl groups is 1. The Hall–Kier alpha value is -1.58. The predicted molar refractivity (Wildman–Crippen MR) is 122 cm³/mol. The second kappa shape index (κ2) is 10.8. The van der Waals surface area contributed by atoms with Gasteiger partial charge in [0.25, 0.3) is 0 Å². The monoisotopic (exact) mass is 474 g/mol. The fourth-order valence-electron chi connectivity index (χ4n) is 4.98. The zero-order chi connectivity index (χ0) is 20.4. The summed E-state index contributed by atoms with van der Waals surface area (Å²) in [5.74, 6) is 0.499. The molecule has 0 saturated carbocycles. The van der Waals surface area contributed by atoms with Gasteiger partial charge in [-0.3, -0.25) is 14.5 Å². The van der Waals surface area contributed by atoms with E-state index >= 15 is 0 Å². The highest BCUT2D eigenvalue weighted by molar-refractivity contribution is 5.85. The van der Waals surface area contributed by atoms with E-state index in [9.17, 15) is 19.8 Å². The number of carbonyl (C=O) groups excluding carboxylic acids is 2. The molecule has 0 spiro atoms. The molecule has 4 rings (SSSR count). The lowest BCUT2D eigenvalue weighted by atomic mass is 9.82. The molecule has 10 heteroatoms. The largest absolute Gasteiger partial charge is 0.508 e. The summed E-state index contributed by atoms with van der Waals surface area (Å²) in [5.41, 5.74) is 0.437. The van der Waals surface area contributed by atoms with Crippen molar-refractivity contribution in [3.63, 3.8) is 0 Å². The van der Waals surface area contributed by atoms with E-state index in [4.69, 9.17) is 0 Å². The van der Waals surface area contributed by atoms with Crippen LogP contribution in [0.5, 0.6) is 5.75 Å². The number of carbonyl (C=O) groups is 2. The molecule has 0 aliphatic carbocycles. The molecule has 8 nitrogen and oxygen atoms in total. The van der Waals surface area contributed by atoms with Crippen molar-refractivity contribution in [1.82, 2.24) is 20.0 Å². The van der Waals surface area contributed by atoms with Gasteiger partial charge in [0.15, 0.2) is 0 Å². The highest BCUT2D eigenvalue weighted by Crippen LogP contribution is 2.42. The number of fused-ring (bicyclic) bond motifs is 1. The lowest BCUT2D eigenvalue weighted by molar-refractivity contribution is -0.133. The average Bonchev–Trinajstić information content (AvgIpc) is 3.23. The summed E-state index contributed by atoms with van der Waals surface area (Å²) in [6.07, 6.45) is 0.244. The number of rotatable bonds is 5. The zero-order valence-electron chi connectivity index (χ0n) is 17.5. The smallest absolute Gasteiger partial charge is 0.236 e. The van der Waals surface area contributed by atoms with E-state index in [2.05, 4.69) is 10.2 Å². The van der Waals surface area contributed by atoms with Gasteiger partial charge in [-0.2, -0.15) is 0 Å². The van der Waals surface area contributed by atoms with Crippen molar-refractivity contribution < 1.29 is 19.8 Å². The topological polar surface area (TPSA) is 96.4 Å². The molecule has 3 aliphatic heterocycles. The highest BCUT2D eigenvalue weighted by Gasteiger charge is 2.53. The van der Waals surface area contributed by atoms with E-state index in [-0.39, 0.29) is 66.7 Å². The molecule has 3 saturated heterocycles.